The molecule has 5 nitrogen and oxygen atoms in total. The summed E-state index contributed by atoms with van der Waals surface area (Å²) in [5, 5.41) is 7.61. The highest BCUT2D eigenvalue weighted by Crippen LogP contribution is 2.30. The van der Waals surface area contributed by atoms with Crippen LogP contribution in [-0.4, -0.2) is 21.5 Å². The van der Waals surface area contributed by atoms with Crippen molar-refractivity contribution in [2.45, 2.75) is 6.54 Å². The van der Waals surface area contributed by atoms with Crippen molar-refractivity contribution in [3.8, 4) is 11.4 Å². The van der Waals surface area contributed by atoms with Crippen LogP contribution in [0.3, 0.4) is 0 Å². The fourth-order valence-corrected chi connectivity index (χ4v) is 2.59. The molecule has 1 aromatic heterocycles. The molecule has 6 heteroatoms. The highest BCUT2D eigenvalue weighted by Gasteiger charge is 2.20. The summed E-state index contributed by atoms with van der Waals surface area (Å²) in [5.74, 6) is 0.578. The number of ether oxygens (including phenoxy) is 1. The zero-order valence-electron chi connectivity index (χ0n) is 11.7. The number of hydrogen-bond acceptors (Lipinski definition) is 4. The fourth-order valence-electron chi connectivity index (χ4n) is 2.59. The van der Waals surface area contributed by atoms with Gasteiger partial charge in [-0.1, -0.05) is 12.1 Å². The van der Waals surface area contributed by atoms with Gasteiger partial charge in [-0.3, -0.25) is 4.57 Å². The Morgan fingerprint density at radius 3 is 2.68 bits per heavy atom. The SMILES string of the molecule is Fc1ccccc1N1COc2ccc(-n3cnnc3)cc2C1. The topological polar surface area (TPSA) is 43.2 Å². The van der Waals surface area contributed by atoms with Crippen LogP contribution < -0.4 is 9.64 Å². The van der Waals surface area contributed by atoms with Crippen LogP contribution in [0, 0.1) is 5.82 Å². The van der Waals surface area contributed by atoms with Crippen LogP contribution in [0.4, 0.5) is 10.1 Å². The van der Waals surface area contributed by atoms with Crippen molar-refractivity contribution in [2.75, 3.05) is 11.6 Å². The minimum Gasteiger partial charge on any atom is -0.473 e. The third-order valence-corrected chi connectivity index (χ3v) is 3.69. The first-order valence-corrected chi connectivity index (χ1v) is 6.91. The molecule has 0 radical (unpaired) electrons. The van der Waals surface area contributed by atoms with Gasteiger partial charge in [0.05, 0.1) is 12.2 Å². The van der Waals surface area contributed by atoms with Crippen molar-refractivity contribution in [3.05, 3.63) is 66.5 Å². The minimum absolute atomic E-state index is 0.246. The molecule has 22 heavy (non-hydrogen) atoms. The maximum Gasteiger partial charge on any atom is 0.161 e. The number of fused-ring (bicyclic) bond motifs is 1. The molecule has 0 saturated carbocycles. The van der Waals surface area contributed by atoms with E-state index in [0.717, 1.165) is 17.0 Å². The number of hydrogen-bond donors (Lipinski definition) is 0. The number of anilines is 1. The summed E-state index contributed by atoms with van der Waals surface area (Å²) >= 11 is 0. The molecule has 0 unspecified atom stereocenters. The molecule has 0 amide bonds. The molecule has 2 aromatic carbocycles. The molecule has 0 spiro atoms. The van der Waals surface area contributed by atoms with Gasteiger partial charge < -0.3 is 9.64 Å². The second-order valence-electron chi connectivity index (χ2n) is 5.08. The van der Waals surface area contributed by atoms with Crippen LogP contribution in [0.15, 0.2) is 55.1 Å². The van der Waals surface area contributed by atoms with Gasteiger partial charge in [-0.2, -0.15) is 0 Å². The van der Waals surface area contributed by atoms with E-state index in [1.165, 1.54) is 6.07 Å². The van der Waals surface area contributed by atoms with Gasteiger partial charge in [-0.15, -0.1) is 10.2 Å². The Kier molecular flexibility index (Phi) is 3.00. The van der Waals surface area contributed by atoms with Crippen LogP contribution in [0.2, 0.25) is 0 Å². The maximum absolute atomic E-state index is 13.9. The van der Waals surface area contributed by atoms with E-state index in [0.29, 0.717) is 19.0 Å². The summed E-state index contributed by atoms with van der Waals surface area (Å²) in [6.45, 7) is 0.923. The number of aromatic nitrogens is 3. The first kappa shape index (κ1) is 12.8. The third-order valence-electron chi connectivity index (χ3n) is 3.69. The molecule has 0 fully saturated rings. The number of para-hydroxylation sites is 1. The fraction of sp³-hybridized carbons (Fsp3) is 0.125. The molecule has 0 aliphatic carbocycles. The average molecular weight is 296 g/mol. The predicted octanol–water partition coefficient (Wildman–Crippen LogP) is 2.76. The molecule has 3 aromatic rings. The summed E-state index contributed by atoms with van der Waals surface area (Å²) in [5.41, 5.74) is 2.49. The van der Waals surface area contributed by atoms with Gasteiger partial charge in [-0.05, 0) is 30.3 Å². The summed E-state index contributed by atoms with van der Waals surface area (Å²) in [6, 6.07) is 12.6. The van der Waals surface area contributed by atoms with Gasteiger partial charge in [-0.25, -0.2) is 4.39 Å². The number of halogens is 1. The van der Waals surface area contributed by atoms with E-state index in [2.05, 4.69) is 10.2 Å². The zero-order valence-corrected chi connectivity index (χ0v) is 11.7. The normalized spacial score (nSPS) is 13.6. The second kappa shape index (κ2) is 5.14. The minimum atomic E-state index is -0.246. The van der Waals surface area contributed by atoms with E-state index >= 15 is 0 Å². The zero-order chi connectivity index (χ0) is 14.9. The first-order chi connectivity index (χ1) is 10.8. The molecule has 2 heterocycles. The van der Waals surface area contributed by atoms with Crippen LogP contribution in [0.1, 0.15) is 5.56 Å². The van der Waals surface area contributed by atoms with Crippen LogP contribution in [0.5, 0.6) is 5.75 Å². The molecule has 0 atom stereocenters. The molecule has 0 N–H and O–H groups in total. The van der Waals surface area contributed by atoms with Gasteiger partial charge in [0.2, 0.25) is 0 Å². The monoisotopic (exact) mass is 296 g/mol. The predicted molar refractivity (Wildman–Crippen MR) is 79.4 cm³/mol. The molecule has 4 rings (SSSR count). The average Bonchev–Trinajstić information content (AvgIpc) is 3.09. The molecular formula is C16H13FN4O. The lowest BCUT2D eigenvalue weighted by Gasteiger charge is -2.31. The molecule has 110 valence electrons. The van der Waals surface area contributed by atoms with Crippen LogP contribution in [0.25, 0.3) is 5.69 Å². The van der Waals surface area contributed by atoms with Gasteiger partial charge in [0.1, 0.15) is 24.2 Å². The lowest BCUT2D eigenvalue weighted by atomic mass is 10.1. The van der Waals surface area contributed by atoms with Crippen molar-refractivity contribution in [1.82, 2.24) is 14.8 Å². The van der Waals surface area contributed by atoms with E-state index < -0.39 is 0 Å². The Bertz CT molecular complexity index is 804. The highest BCUT2D eigenvalue weighted by atomic mass is 19.1. The van der Waals surface area contributed by atoms with Crippen molar-refractivity contribution in [2.24, 2.45) is 0 Å². The van der Waals surface area contributed by atoms with Crippen molar-refractivity contribution in [1.29, 1.82) is 0 Å². The summed E-state index contributed by atoms with van der Waals surface area (Å²) in [4.78, 5) is 1.87. The Morgan fingerprint density at radius 1 is 1.05 bits per heavy atom. The lowest BCUT2D eigenvalue weighted by molar-refractivity contribution is 0.288. The summed E-state index contributed by atoms with van der Waals surface area (Å²) < 4.78 is 21.5. The Hall–Kier alpha value is -2.89. The van der Waals surface area contributed by atoms with Crippen molar-refractivity contribution in [3.63, 3.8) is 0 Å². The van der Waals surface area contributed by atoms with E-state index in [4.69, 9.17) is 4.74 Å². The smallest absolute Gasteiger partial charge is 0.161 e. The van der Waals surface area contributed by atoms with Gasteiger partial charge in [0.15, 0.2) is 6.73 Å². The Labute approximate surface area is 126 Å². The number of benzene rings is 2. The number of nitrogens with zero attached hydrogens (tertiary/aromatic N) is 4. The quantitative estimate of drug-likeness (QED) is 0.729. The standard InChI is InChI=1S/C16H13FN4O/c17-14-3-1-2-4-15(14)20-8-12-7-13(21-9-18-19-10-21)5-6-16(12)22-11-20/h1-7,9-10H,8,11H2. The molecular weight excluding hydrogens is 283 g/mol. The molecule has 1 aliphatic rings. The van der Waals surface area contributed by atoms with E-state index in [9.17, 15) is 4.39 Å². The second-order valence-corrected chi connectivity index (χ2v) is 5.08. The molecule has 0 saturated heterocycles. The summed E-state index contributed by atoms with van der Waals surface area (Å²) in [7, 11) is 0. The first-order valence-electron chi connectivity index (χ1n) is 6.91. The van der Waals surface area contributed by atoms with Gasteiger partial charge >= 0.3 is 0 Å². The van der Waals surface area contributed by atoms with E-state index in [1.54, 1.807) is 24.8 Å². The van der Waals surface area contributed by atoms with Crippen LogP contribution >= 0.6 is 0 Å². The van der Waals surface area contributed by atoms with Crippen molar-refractivity contribution >= 4 is 5.69 Å². The Morgan fingerprint density at radius 2 is 1.86 bits per heavy atom. The number of rotatable bonds is 2. The van der Waals surface area contributed by atoms with E-state index in [-0.39, 0.29) is 5.82 Å². The molecule has 1 aliphatic heterocycles. The summed E-state index contributed by atoms with van der Waals surface area (Å²) in [6.07, 6.45) is 3.28. The lowest BCUT2D eigenvalue weighted by Crippen LogP contribution is -2.32. The van der Waals surface area contributed by atoms with E-state index in [1.807, 2.05) is 33.7 Å². The maximum atomic E-state index is 13.9. The Balaban J connectivity index is 1.68. The third kappa shape index (κ3) is 2.18. The van der Waals surface area contributed by atoms with Crippen LogP contribution in [-0.2, 0) is 6.54 Å². The highest BCUT2D eigenvalue weighted by molar-refractivity contribution is 5.53. The molecule has 0 bridgehead atoms. The van der Waals surface area contributed by atoms with Gasteiger partial charge in [0, 0.05) is 11.3 Å². The van der Waals surface area contributed by atoms with Gasteiger partial charge in [0.25, 0.3) is 0 Å². The van der Waals surface area contributed by atoms with Crippen molar-refractivity contribution < 1.29 is 9.13 Å². The largest absolute Gasteiger partial charge is 0.473 e.